The molecule has 0 spiro atoms. The van der Waals surface area contributed by atoms with Crippen LogP contribution in [0.3, 0.4) is 0 Å². The number of nitrogens with one attached hydrogen (secondary N) is 1. The summed E-state index contributed by atoms with van der Waals surface area (Å²) < 4.78 is 3.85. The highest BCUT2D eigenvalue weighted by Crippen LogP contribution is 2.64. The highest BCUT2D eigenvalue weighted by atomic mass is 35.5. The number of benzene rings is 1. The van der Waals surface area contributed by atoms with Crippen LogP contribution in [0.4, 0.5) is 5.69 Å². The minimum atomic E-state index is -1.11. The Kier molecular flexibility index (Phi) is 4.43. The Bertz CT molecular complexity index is 603. The van der Waals surface area contributed by atoms with Gasteiger partial charge >= 0.3 is 5.97 Å². The van der Waals surface area contributed by atoms with E-state index < -0.39 is 28.2 Å². The third kappa shape index (κ3) is 3.44. The monoisotopic (exact) mass is 349 g/mol. The highest BCUT2D eigenvalue weighted by Gasteiger charge is 2.69. The van der Waals surface area contributed by atoms with Gasteiger partial charge in [0.15, 0.2) is 6.61 Å². The van der Waals surface area contributed by atoms with E-state index in [1.807, 2.05) is 6.92 Å². The summed E-state index contributed by atoms with van der Waals surface area (Å²) in [6.07, 6.45) is 0.316. The van der Waals surface area contributed by atoms with Crippen molar-refractivity contribution in [3.63, 3.8) is 0 Å². The predicted molar refractivity (Wildman–Crippen MR) is 82.9 cm³/mol. The summed E-state index contributed by atoms with van der Waals surface area (Å²) in [7, 11) is 0. The van der Waals surface area contributed by atoms with E-state index in [2.05, 4.69) is 5.32 Å². The van der Waals surface area contributed by atoms with Crippen LogP contribution in [0.15, 0.2) is 18.2 Å². The summed E-state index contributed by atoms with van der Waals surface area (Å²) >= 11 is 17.6. The van der Waals surface area contributed by atoms with E-state index in [4.69, 9.17) is 39.5 Å². The van der Waals surface area contributed by atoms with Crippen LogP contribution in [0.25, 0.3) is 0 Å². The molecule has 21 heavy (non-hydrogen) atoms. The summed E-state index contributed by atoms with van der Waals surface area (Å²) in [4.78, 5) is 23.6. The zero-order valence-electron chi connectivity index (χ0n) is 11.5. The van der Waals surface area contributed by atoms with Gasteiger partial charge in [-0.05, 0) is 31.5 Å². The van der Waals surface area contributed by atoms with Crippen LogP contribution in [0.1, 0.15) is 18.9 Å². The molecule has 0 aliphatic heterocycles. The third-order valence-electron chi connectivity index (χ3n) is 3.52. The summed E-state index contributed by atoms with van der Waals surface area (Å²) in [5.74, 6) is -1.03. The minimum absolute atomic E-state index is 0.316. The molecule has 1 aliphatic rings. The second-order valence-electron chi connectivity index (χ2n) is 5.30. The molecule has 1 saturated carbocycles. The lowest BCUT2D eigenvalue weighted by molar-refractivity contribution is -0.152. The second-order valence-corrected chi connectivity index (χ2v) is 7.22. The number of carbonyl (C=O) groups is 2. The number of esters is 1. The number of alkyl halides is 2. The largest absolute Gasteiger partial charge is 0.455 e. The molecule has 0 saturated heterocycles. The van der Waals surface area contributed by atoms with E-state index in [0.29, 0.717) is 17.1 Å². The van der Waals surface area contributed by atoms with Gasteiger partial charge in [-0.25, -0.2) is 0 Å². The van der Waals surface area contributed by atoms with Crippen molar-refractivity contribution in [1.29, 1.82) is 0 Å². The molecule has 0 radical (unpaired) electrons. The van der Waals surface area contributed by atoms with Crippen molar-refractivity contribution in [3.05, 3.63) is 28.8 Å². The maximum Gasteiger partial charge on any atom is 0.315 e. The molecule has 0 unspecified atom stereocenters. The van der Waals surface area contributed by atoms with Crippen LogP contribution in [-0.4, -0.2) is 22.8 Å². The molecule has 2 rings (SSSR count). The molecule has 1 aromatic rings. The topological polar surface area (TPSA) is 55.4 Å². The van der Waals surface area contributed by atoms with Crippen molar-refractivity contribution in [2.75, 3.05) is 11.9 Å². The number of hydrogen-bond donors (Lipinski definition) is 1. The molecule has 1 amide bonds. The van der Waals surface area contributed by atoms with E-state index in [0.717, 1.165) is 5.56 Å². The minimum Gasteiger partial charge on any atom is -0.455 e. The van der Waals surface area contributed by atoms with Crippen molar-refractivity contribution < 1.29 is 14.3 Å². The third-order valence-corrected chi connectivity index (χ3v) is 4.85. The lowest BCUT2D eigenvalue weighted by atomic mass is 10.1. The molecule has 1 fully saturated rings. The van der Waals surface area contributed by atoms with Crippen LogP contribution in [0, 0.1) is 12.3 Å². The van der Waals surface area contributed by atoms with E-state index >= 15 is 0 Å². The fraction of sp³-hybridized carbons (Fsp3) is 0.429. The van der Waals surface area contributed by atoms with E-state index in [9.17, 15) is 9.59 Å². The number of rotatable bonds is 4. The van der Waals surface area contributed by atoms with Crippen molar-refractivity contribution >= 4 is 52.4 Å². The number of anilines is 1. The molecule has 1 aromatic carbocycles. The Balaban J connectivity index is 1.89. The molecule has 1 atom stereocenters. The zero-order chi connectivity index (χ0) is 15.8. The molecule has 1 aliphatic carbocycles. The maximum absolute atomic E-state index is 11.8. The number of halogens is 3. The molecular weight excluding hydrogens is 337 g/mol. The van der Waals surface area contributed by atoms with Crippen molar-refractivity contribution in [1.82, 2.24) is 0 Å². The van der Waals surface area contributed by atoms with Crippen molar-refractivity contribution in [2.45, 2.75) is 24.6 Å². The Hall–Kier alpha value is -0.970. The number of aryl methyl sites for hydroxylation is 1. The zero-order valence-corrected chi connectivity index (χ0v) is 13.8. The number of hydrogen-bond acceptors (Lipinski definition) is 3. The second kappa shape index (κ2) is 5.67. The Morgan fingerprint density at radius 2 is 2.00 bits per heavy atom. The van der Waals surface area contributed by atoms with Crippen LogP contribution < -0.4 is 5.32 Å². The quantitative estimate of drug-likeness (QED) is 0.665. The molecule has 0 bridgehead atoms. The molecule has 1 N–H and O–H groups in total. The molecule has 0 aromatic heterocycles. The number of amides is 1. The molecular formula is C14H14Cl3NO3. The SMILES string of the molecule is Cc1ccc(Cl)cc1NC(=O)COC(=O)[C@]1(C)CC1(Cl)Cl. The first-order chi connectivity index (χ1) is 9.65. The lowest BCUT2D eigenvalue weighted by Crippen LogP contribution is -2.27. The molecule has 7 heteroatoms. The smallest absolute Gasteiger partial charge is 0.315 e. The first-order valence-corrected chi connectivity index (χ1v) is 7.40. The van der Waals surface area contributed by atoms with E-state index in [-0.39, 0.29) is 0 Å². The van der Waals surface area contributed by atoms with E-state index in [1.54, 1.807) is 25.1 Å². The fourth-order valence-corrected chi connectivity index (χ4v) is 2.69. The Morgan fingerprint density at radius 1 is 1.38 bits per heavy atom. The van der Waals surface area contributed by atoms with Gasteiger partial charge in [-0.2, -0.15) is 0 Å². The summed E-state index contributed by atoms with van der Waals surface area (Å²) in [5, 5.41) is 3.14. The predicted octanol–water partition coefficient (Wildman–Crippen LogP) is 3.71. The first-order valence-electron chi connectivity index (χ1n) is 6.27. The fourth-order valence-electron chi connectivity index (χ4n) is 1.83. The summed E-state index contributed by atoms with van der Waals surface area (Å²) in [6.45, 7) is 3.04. The van der Waals surface area contributed by atoms with Gasteiger partial charge in [0.1, 0.15) is 9.75 Å². The first kappa shape index (κ1) is 16.4. The van der Waals surface area contributed by atoms with Crippen LogP contribution in [-0.2, 0) is 14.3 Å². The summed E-state index contributed by atoms with van der Waals surface area (Å²) in [6, 6.07) is 5.13. The number of ether oxygens (including phenoxy) is 1. The van der Waals surface area contributed by atoms with Crippen molar-refractivity contribution in [3.8, 4) is 0 Å². The summed E-state index contributed by atoms with van der Waals surface area (Å²) in [5.41, 5.74) is 0.488. The standard InChI is InChI=1S/C14H14Cl3NO3/c1-8-3-4-9(15)5-10(8)18-11(19)6-21-12(20)13(2)7-14(13,16)17/h3-5H,6-7H2,1-2H3,(H,18,19)/t13-/m0/s1. The average molecular weight is 351 g/mol. The van der Waals surface area contributed by atoms with Gasteiger partial charge in [-0.3, -0.25) is 9.59 Å². The van der Waals surface area contributed by atoms with Crippen LogP contribution in [0.5, 0.6) is 0 Å². The molecule has 114 valence electrons. The number of carbonyl (C=O) groups excluding carboxylic acids is 2. The maximum atomic E-state index is 11.8. The van der Waals surface area contributed by atoms with Gasteiger partial charge in [0.25, 0.3) is 5.91 Å². The van der Waals surface area contributed by atoms with Gasteiger partial charge < -0.3 is 10.1 Å². The van der Waals surface area contributed by atoms with Gasteiger partial charge in [-0.1, -0.05) is 17.7 Å². The average Bonchev–Trinajstić information content (AvgIpc) is 2.91. The molecule has 0 heterocycles. The van der Waals surface area contributed by atoms with Crippen LogP contribution >= 0.6 is 34.8 Å². The van der Waals surface area contributed by atoms with Crippen molar-refractivity contribution in [2.24, 2.45) is 5.41 Å². The van der Waals surface area contributed by atoms with Crippen LogP contribution in [0.2, 0.25) is 5.02 Å². The lowest BCUT2D eigenvalue weighted by Gasteiger charge is -2.12. The van der Waals surface area contributed by atoms with Gasteiger partial charge in [0.05, 0.1) is 0 Å². The van der Waals surface area contributed by atoms with Gasteiger partial charge in [0, 0.05) is 17.1 Å². The highest BCUT2D eigenvalue weighted by molar-refractivity contribution is 6.53. The molecule has 4 nitrogen and oxygen atoms in total. The Labute approximate surface area is 137 Å². The normalized spacial score (nSPS) is 22.5. The van der Waals surface area contributed by atoms with E-state index in [1.165, 1.54) is 0 Å². The van der Waals surface area contributed by atoms with Gasteiger partial charge in [0.2, 0.25) is 0 Å². The Morgan fingerprint density at radius 3 is 2.57 bits per heavy atom. The van der Waals surface area contributed by atoms with Gasteiger partial charge in [-0.15, -0.1) is 23.2 Å².